The highest BCUT2D eigenvalue weighted by atomic mass is 16.1. The van der Waals surface area contributed by atoms with Gasteiger partial charge in [-0.25, -0.2) is 0 Å². The molecular weight excluding hydrogens is 310 g/mol. The van der Waals surface area contributed by atoms with E-state index in [-0.39, 0.29) is 5.92 Å². The summed E-state index contributed by atoms with van der Waals surface area (Å²) in [5.41, 5.74) is 1.41. The van der Waals surface area contributed by atoms with E-state index in [2.05, 4.69) is 52.8 Å². The topological polar surface area (TPSA) is 44.4 Å². The smallest absolute Gasteiger partial charge is 0.223 e. The van der Waals surface area contributed by atoms with Crippen molar-refractivity contribution in [1.82, 2.24) is 15.5 Å². The van der Waals surface area contributed by atoms with Crippen molar-refractivity contribution < 1.29 is 4.79 Å². The summed E-state index contributed by atoms with van der Waals surface area (Å²) in [7, 11) is 0. The third-order valence-corrected chi connectivity index (χ3v) is 6.43. The second kappa shape index (κ2) is 7.46. The number of nitrogens with one attached hydrogen (secondary N) is 2. The first-order valence-electron chi connectivity index (χ1n) is 10.0. The molecule has 2 N–H and O–H groups in total. The lowest BCUT2D eigenvalue weighted by molar-refractivity contribution is -0.127. The first-order valence-corrected chi connectivity index (χ1v) is 10.0. The molecule has 1 aromatic rings. The Morgan fingerprint density at radius 1 is 1.12 bits per heavy atom. The van der Waals surface area contributed by atoms with Crippen LogP contribution in [-0.4, -0.2) is 41.5 Å². The van der Waals surface area contributed by atoms with Gasteiger partial charge in [-0.2, -0.15) is 0 Å². The molecule has 3 aliphatic rings. The predicted molar refractivity (Wildman–Crippen MR) is 100 cm³/mol. The summed E-state index contributed by atoms with van der Waals surface area (Å²) in [6.07, 6.45) is 6.77. The van der Waals surface area contributed by atoms with Gasteiger partial charge in [0.25, 0.3) is 0 Å². The second-order valence-electron chi connectivity index (χ2n) is 8.30. The van der Waals surface area contributed by atoms with Gasteiger partial charge in [-0.3, -0.25) is 9.69 Å². The maximum Gasteiger partial charge on any atom is 0.223 e. The van der Waals surface area contributed by atoms with Gasteiger partial charge < -0.3 is 10.6 Å². The fourth-order valence-corrected chi connectivity index (χ4v) is 5.13. The van der Waals surface area contributed by atoms with Gasteiger partial charge in [0.2, 0.25) is 5.91 Å². The van der Waals surface area contributed by atoms with Crippen molar-refractivity contribution in [1.29, 1.82) is 0 Å². The van der Waals surface area contributed by atoms with Crippen LogP contribution in [0.3, 0.4) is 0 Å². The standard InChI is InChI=1S/C21H31N3O/c1-15-11-17(9-10-22-15)21(25)23-18-12-19-7-8-20(13-18)24(19)14-16-5-3-2-4-6-16/h2-6,15,17-20,22H,7-14H2,1H3,(H,23,25)/t15-,17-,18?,19?,20?/m0/s1. The lowest BCUT2D eigenvalue weighted by atomic mass is 9.91. The van der Waals surface area contributed by atoms with Gasteiger partial charge in [-0.1, -0.05) is 30.3 Å². The van der Waals surface area contributed by atoms with E-state index in [0.717, 1.165) is 38.8 Å². The predicted octanol–water partition coefficient (Wildman–Crippen LogP) is 2.69. The molecular formula is C21H31N3O. The van der Waals surface area contributed by atoms with Crippen molar-refractivity contribution in [3.05, 3.63) is 35.9 Å². The highest BCUT2D eigenvalue weighted by molar-refractivity contribution is 5.79. The Morgan fingerprint density at radius 3 is 2.52 bits per heavy atom. The summed E-state index contributed by atoms with van der Waals surface area (Å²) < 4.78 is 0. The van der Waals surface area contributed by atoms with Crippen LogP contribution >= 0.6 is 0 Å². The van der Waals surface area contributed by atoms with E-state index < -0.39 is 0 Å². The average molecular weight is 341 g/mol. The molecule has 0 radical (unpaired) electrons. The van der Waals surface area contributed by atoms with Crippen molar-refractivity contribution >= 4 is 5.91 Å². The van der Waals surface area contributed by atoms with Gasteiger partial charge in [0.1, 0.15) is 0 Å². The SMILES string of the molecule is C[C@H]1C[C@@H](C(=O)NC2CC3CCC(C2)N3Cc2ccccc2)CCN1. The number of piperidine rings is 2. The maximum absolute atomic E-state index is 12.7. The number of hydrogen-bond donors (Lipinski definition) is 2. The van der Waals surface area contributed by atoms with E-state index in [1.54, 1.807) is 0 Å². The Labute approximate surface area is 151 Å². The summed E-state index contributed by atoms with van der Waals surface area (Å²) in [4.78, 5) is 15.4. The molecule has 136 valence electrons. The molecule has 25 heavy (non-hydrogen) atoms. The fourth-order valence-electron chi connectivity index (χ4n) is 5.13. The van der Waals surface area contributed by atoms with Crippen molar-refractivity contribution in [2.75, 3.05) is 6.54 Å². The maximum atomic E-state index is 12.7. The molecule has 4 heteroatoms. The van der Waals surface area contributed by atoms with Gasteiger partial charge in [0, 0.05) is 36.6 Å². The van der Waals surface area contributed by atoms with Crippen LogP contribution < -0.4 is 10.6 Å². The number of amides is 1. The van der Waals surface area contributed by atoms with Crippen LogP contribution in [-0.2, 0) is 11.3 Å². The molecule has 0 saturated carbocycles. The number of carbonyl (C=O) groups is 1. The number of benzene rings is 1. The lowest BCUT2D eigenvalue weighted by Crippen LogP contribution is -2.52. The zero-order valence-corrected chi connectivity index (χ0v) is 15.3. The van der Waals surface area contributed by atoms with E-state index in [0.29, 0.717) is 30.1 Å². The molecule has 4 atom stereocenters. The molecule has 0 spiro atoms. The monoisotopic (exact) mass is 341 g/mol. The summed E-state index contributed by atoms with van der Waals surface area (Å²) in [6.45, 7) is 4.21. The van der Waals surface area contributed by atoms with Gasteiger partial charge in [-0.15, -0.1) is 0 Å². The number of nitrogens with zero attached hydrogens (tertiary/aromatic N) is 1. The van der Waals surface area contributed by atoms with Crippen molar-refractivity contribution in [3.63, 3.8) is 0 Å². The second-order valence-corrected chi connectivity index (χ2v) is 8.30. The molecule has 3 saturated heterocycles. The van der Waals surface area contributed by atoms with Crippen LogP contribution in [0.15, 0.2) is 30.3 Å². The molecule has 2 unspecified atom stereocenters. The molecule has 0 aromatic heterocycles. The normalized spacial score (nSPS) is 35.5. The highest BCUT2D eigenvalue weighted by Gasteiger charge is 2.41. The Morgan fingerprint density at radius 2 is 1.84 bits per heavy atom. The Bertz CT molecular complexity index is 576. The third-order valence-electron chi connectivity index (χ3n) is 6.43. The van der Waals surface area contributed by atoms with E-state index >= 15 is 0 Å². The van der Waals surface area contributed by atoms with Gasteiger partial charge in [-0.05, 0) is 57.6 Å². The highest BCUT2D eigenvalue weighted by Crippen LogP contribution is 2.37. The van der Waals surface area contributed by atoms with E-state index in [4.69, 9.17) is 0 Å². The number of rotatable bonds is 4. The summed E-state index contributed by atoms with van der Waals surface area (Å²) in [5.74, 6) is 0.505. The van der Waals surface area contributed by atoms with E-state index in [1.807, 2.05) is 0 Å². The molecule has 3 heterocycles. The Kier molecular flexibility index (Phi) is 5.09. The van der Waals surface area contributed by atoms with Crippen molar-refractivity contribution in [2.24, 2.45) is 5.92 Å². The van der Waals surface area contributed by atoms with E-state index in [9.17, 15) is 4.79 Å². The van der Waals surface area contributed by atoms with Crippen molar-refractivity contribution in [2.45, 2.75) is 76.2 Å². The molecule has 3 aliphatic heterocycles. The molecule has 4 rings (SSSR count). The Balaban J connectivity index is 1.33. The first-order chi connectivity index (χ1) is 12.2. The summed E-state index contributed by atoms with van der Waals surface area (Å²) in [6, 6.07) is 12.9. The minimum absolute atomic E-state index is 0.205. The van der Waals surface area contributed by atoms with Crippen LogP contribution in [0, 0.1) is 5.92 Å². The number of hydrogen-bond acceptors (Lipinski definition) is 3. The molecule has 3 fully saturated rings. The lowest BCUT2D eigenvalue weighted by Gasteiger charge is -2.40. The van der Waals surface area contributed by atoms with Crippen LogP contribution in [0.5, 0.6) is 0 Å². The van der Waals surface area contributed by atoms with Gasteiger partial charge >= 0.3 is 0 Å². The molecule has 4 nitrogen and oxygen atoms in total. The number of fused-ring (bicyclic) bond motifs is 2. The van der Waals surface area contributed by atoms with Crippen LogP contribution in [0.1, 0.15) is 51.0 Å². The van der Waals surface area contributed by atoms with Crippen LogP contribution in [0.25, 0.3) is 0 Å². The fraction of sp³-hybridized carbons (Fsp3) is 0.667. The van der Waals surface area contributed by atoms with Crippen LogP contribution in [0.4, 0.5) is 0 Å². The zero-order chi connectivity index (χ0) is 17.2. The summed E-state index contributed by atoms with van der Waals surface area (Å²) >= 11 is 0. The zero-order valence-electron chi connectivity index (χ0n) is 15.3. The minimum atomic E-state index is 0.205. The summed E-state index contributed by atoms with van der Waals surface area (Å²) in [5, 5.41) is 6.84. The van der Waals surface area contributed by atoms with Crippen LogP contribution in [0.2, 0.25) is 0 Å². The van der Waals surface area contributed by atoms with Gasteiger partial charge in [0.05, 0.1) is 0 Å². The molecule has 0 aliphatic carbocycles. The third kappa shape index (κ3) is 3.90. The van der Waals surface area contributed by atoms with Crippen molar-refractivity contribution in [3.8, 4) is 0 Å². The molecule has 2 bridgehead atoms. The first kappa shape index (κ1) is 17.0. The number of carbonyl (C=O) groups excluding carboxylic acids is 1. The minimum Gasteiger partial charge on any atom is -0.353 e. The molecule has 1 amide bonds. The molecule has 1 aromatic carbocycles. The quantitative estimate of drug-likeness (QED) is 0.885. The van der Waals surface area contributed by atoms with Gasteiger partial charge in [0.15, 0.2) is 0 Å². The Hall–Kier alpha value is -1.39. The largest absolute Gasteiger partial charge is 0.353 e. The van der Waals surface area contributed by atoms with E-state index in [1.165, 1.54) is 18.4 Å². The average Bonchev–Trinajstić information content (AvgIpc) is 2.85.